The van der Waals surface area contributed by atoms with E-state index in [1.165, 1.54) is 0 Å². The number of hydrogen-bond donors (Lipinski definition) is 2. The van der Waals surface area contributed by atoms with E-state index in [0.717, 1.165) is 5.56 Å². The molecule has 2 N–H and O–H groups in total. The number of aliphatic hydroxyl groups excluding tert-OH is 2. The predicted octanol–water partition coefficient (Wildman–Crippen LogP) is 1.27. The van der Waals surface area contributed by atoms with Crippen molar-refractivity contribution >= 4 is 0 Å². The molecule has 1 aromatic rings. The third-order valence-corrected chi connectivity index (χ3v) is 1.71. The van der Waals surface area contributed by atoms with E-state index in [2.05, 4.69) is 6.58 Å². The largest absolute Gasteiger partial charge is 0.392 e. The molecule has 0 aliphatic rings. The summed E-state index contributed by atoms with van der Waals surface area (Å²) in [7, 11) is 0. The predicted molar refractivity (Wildman–Crippen MR) is 47.6 cm³/mol. The molecular weight excluding hydrogens is 152 g/mol. The van der Waals surface area contributed by atoms with Crippen LogP contribution < -0.4 is 0 Å². The fraction of sp³-hybridized carbons (Fsp3) is 0.200. The van der Waals surface area contributed by atoms with Gasteiger partial charge in [0, 0.05) is 0 Å². The Balaban J connectivity index is 2.78. The molecule has 0 fully saturated rings. The van der Waals surface area contributed by atoms with Gasteiger partial charge in [-0.1, -0.05) is 36.9 Å². The van der Waals surface area contributed by atoms with E-state index in [1.807, 2.05) is 18.2 Å². The minimum absolute atomic E-state index is 0.184. The van der Waals surface area contributed by atoms with Gasteiger partial charge < -0.3 is 10.2 Å². The van der Waals surface area contributed by atoms with Gasteiger partial charge in [0.25, 0.3) is 0 Å². The topological polar surface area (TPSA) is 40.5 Å². The van der Waals surface area contributed by atoms with Crippen molar-refractivity contribution in [1.29, 1.82) is 0 Å². The van der Waals surface area contributed by atoms with Crippen LogP contribution in [0.4, 0.5) is 0 Å². The molecule has 0 amide bonds. The summed E-state index contributed by atoms with van der Waals surface area (Å²) in [5.41, 5.74) is 1.18. The van der Waals surface area contributed by atoms with Crippen molar-refractivity contribution in [2.45, 2.75) is 6.10 Å². The van der Waals surface area contributed by atoms with Crippen molar-refractivity contribution in [3.63, 3.8) is 0 Å². The van der Waals surface area contributed by atoms with Crippen LogP contribution in [0.5, 0.6) is 0 Å². The van der Waals surface area contributed by atoms with Crippen LogP contribution in [-0.4, -0.2) is 16.8 Å². The lowest BCUT2D eigenvalue weighted by Gasteiger charge is -2.11. The van der Waals surface area contributed by atoms with Crippen molar-refractivity contribution in [1.82, 2.24) is 0 Å². The van der Waals surface area contributed by atoms with Gasteiger partial charge in [-0.3, -0.25) is 0 Å². The molecule has 0 saturated heterocycles. The maximum absolute atomic E-state index is 9.53. The highest BCUT2D eigenvalue weighted by Gasteiger charge is 2.08. The molecule has 2 nitrogen and oxygen atoms in total. The molecule has 1 atom stereocenters. The van der Waals surface area contributed by atoms with E-state index >= 15 is 0 Å². The van der Waals surface area contributed by atoms with Crippen LogP contribution in [0.2, 0.25) is 0 Å². The summed E-state index contributed by atoms with van der Waals surface area (Å²) in [6.07, 6.45) is -0.754. The highest BCUT2D eigenvalue weighted by atomic mass is 16.3. The maximum Gasteiger partial charge on any atom is 0.102 e. The SMILES string of the molecule is C=C(CO)[C@@H](O)c1ccccc1. The standard InChI is InChI=1S/C10H12O2/c1-8(7-11)10(12)9-5-3-2-4-6-9/h2-6,10-12H,1,7H2/t10-/m1/s1. The van der Waals surface area contributed by atoms with Gasteiger partial charge in [0.15, 0.2) is 0 Å². The summed E-state index contributed by atoms with van der Waals surface area (Å²) in [6, 6.07) is 9.14. The molecule has 0 aromatic heterocycles. The Labute approximate surface area is 71.8 Å². The van der Waals surface area contributed by atoms with Crippen molar-refractivity contribution in [2.24, 2.45) is 0 Å². The molecule has 0 aliphatic heterocycles. The van der Waals surface area contributed by atoms with Gasteiger partial charge in [-0.2, -0.15) is 0 Å². The second kappa shape index (κ2) is 4.04. The summed E-state index contributed by atoms with van der Waals surface area (Å²) in [4.78, 5) is 0. The number of benzene rings is 1. The highest BCUT2D eigenvalue weighted by Crippen LogP contribution is 2.18. The molecule has 64 valence electrons. The molecule has 1 aromatic carbocycles. The zero-order chi connectivity index (χ0) is 8.97. The Morgan fingerprint density at radius 3 is 2.42 bits per heavy atom. The van der Waals surface area contributed by atoms with Crippen LogP contribution in [0.1, 0.15) is 11.7 Å². The molecule has 0 heterocycles. The number of aliphatic hydroxyl groups is 2. The second-order valence-electron chi connectivity index (χ2n) is 2.63. The Bertz CT molecular complexity index is 254. The Morgan fingerprint density at radius 2 is 1.92 bits per heavy atom. The molecule has 0 unspecified atom stereocenters. The first-order valence-electron chi connectivity index (χ1n) is 3.77. The van der Waals surface area contributed by atoms with Crippen LogP contribution in [0.15, 0.2) is 42.5 Å². The lowest BCUT2D eigenvalue weighted by molar-refractivity contribution is 0.191. The van der Waals surface area contributed by atoms with Gasteiger partial charge in [0.05, 0.1) is 6.61 Å². The zero-order valence-corrected chi connectivity index (χ0v) is 6.77. The smallest absolute Gasteiger partial charge is 0.102 e. The molecule has 0 saturated carbocycles. The summed E-state index contributed by atoms with van der Waals surface area (Å²) >= 11 is 0. The minimum atomic E-state index is -0.754. The van der Waals surface area contributed by atoms with Crippen LogP contribution in [0.25, 0.3) is 0 Å². The van der Waals surface area contributed by atoms with Gasteiger partial charge >= 0.3 is 0 Å². The molecular formula is C10H12O2. The lowest BCUT2D eigenvalue weighted by Crippen LogP contribution is -2.03. The van der Waals surface area contributed by atoms with Crippen molar-refractivity contribution in [3.05, 3.63) is 48.0 Å². The Kier molecular flexibility index (Phi) is 3.02. The first kappa shape index (κ1) is 8.97. The molecule has 0 spiro atoms. The highest BCUT2D eigenvalue weighted by molar-refractivity contribution is 5.24. The van der Waals surface area contributed by atoms with Crippen LogP contribution in [0, 0.1) is 0 Å². The van der Waals surface area contributed by atoms with E-state index in [1.54, 1.807) is 12.1 Å². The molecule has 0 bridgehead atoms. The second-order valence-corrected chi connectivity index (χ2v) is 2.63. The van der Waals surface area contributed by atoms with Gasteiger partial charge in [-0.15, -0.1) is 0 Å². The summed E-state index contributed by atoms with van der Waals surface area (Å²) in [6.45, 7) is 3.37. The number of rotatable bonds is 3. The summed E-state index contributed by atoms with van der Waals surface area (Å²) < 4.78 is 0. The molecule has 1 rings (SSSR count). The summed E-state index contributed by atoms with van der Waals surface area (Å²) in [5, 5.41) is 18.2. The minimum Gasteiger partial charge on any atom is -0.392 e. The van der Waals surface area contributed by atoms with E-state index in [-0.39, 0.29) is 6.61 Å². The lowest BCUT2D eigenvalue weighted by atomic mass is 10.0. The normalized spacial score (nSPS) is 12.5. The van der Waals surface area contributed by atoms with Crippen LogP contribution >= 0.6 is 0 Å². The summed E-state index contributed by atoms with van der Waals surface area (Å²) in [5.74, 6) is 0. The Morgan fingerprint density at radius 1 is 1.33 bits per heavy atom. The third kappa shape index (κ3) is 1.94. The van der Waals surface area contributed by atoms with Crippen LogP contribution in [-0.2, 0) is 0 Å². The van der Waals surface area contributed by atoms with E-state index < -0.39 is 6.10 Å². The number of hydrogen-bond acceptors (Lipinski definition) is 2. The van der Waals surface area contributed by atoms with Gasteiger partial charge in [0.1, 0.15) is 6.10 Å². The zero-order valence-electron chi connectivity index (χ0n) is 6.77. The van der Waals surface area contributed by atoms with E-state index in [0.29, 0.717) is 5.57 Å². The average Bonchev–Trinajstić information content (AvgIpc) is 2.17. The Hall–Kier alpha value is -1.12. The first-order chi connectivity index (χ1) is 5.75. The van der Waals surface area contributed by atoms with Gasteiger partial charge in [0.2, 0.25) is 0 Å². The molecule has 2 heteroatoms. The van der Waals surface area contributed by atoms with Crippen molar-refractivity contribution < 1.29 is 10.2 Å². The van der Waals surface area contributed by atoms with E-state index in [4.69, 9.17) is 5.11 Å². The monoisotopic (exact) mass is 164 g/mol. The maximum atomic E-state index is 9.53. The quantitative estimate of drug-likeness (QED) is 0.660. The molecule has 0 aliphatic carbocycles. The average molecular weight is 164 g/mol. The van der Waals surface area contributed by atoms with Crippen LogP contribution in [0.3, 0.4) is 0 Å². The van der Waals surface area contributed by atoms with E-state index in [9.17, 15) is 5.11 Å². The first-order valence-corrected chi connectivity index (χ1v) is 3.77. The molecule has 12 heavy (non-hydrogen) atoms. The molecule has 0 radical (unpaired) electrons. The fourth-order valence-corrected chi connectivity index (χ4v) is 0.958. The fourth-order valence-electron chi connectivity index (χ4n) is 0.958. The third-order valence-electron chi connectivity index (χ3n) is 1.71. The van der Waals surface area contributed by atoms with Gasteiger partial charge in [-0.05, 0) is 11.1 Å². The van der Waals surface area contributed by atoms with Gasteiger partial charge in [-0.25, -0.2) is 0 Å². The van der Waals surface area contributed by atoms with Crippen molar-refractivity contribution in [2.75, 3.05) is 6.61 Å². The van der Waals surface area contributed by atoms with Crippen molar-refractivity contribution in [3.8, 4) is 0 Å².